The van der Waals surface area contributed by atoms with Crippen molar-refractivity contribution in [1.29, 1.82) is 0 Å². The van der Waals surface area contributed by atoms with Crippen LogP contribution in [0.3, 0.4) is 0 Å². The number of phosphoric ester groups is 1. The third kappa shape index (κ3) is 41.1. The predicted molar refractivity (Wildman–Crippen MR) is 240 cm³/mol. The predicted octanol–water partition coefficient (Wildman–Crippen LogP) is 10.3. The molecule has 4 atom stereocenters. The molecule has 0 bridgehead atoms. The van der Waals surface area contributed by atoms with Crippen LogP contribution in [0, 0.1) is 0 Å². The first kappa shape index (κ1) is 55.6. The van der Waals surface area contributed by atoms with Crippen LogP contribution in [0.1, 0.15) is 129 Å². The summed E-state index contributed by atoms with van der Waals surface area (Å²) in [4.78, 5) is 34.8. The normalized spacial score (nSPS) is 15.4. The van der Waals surface area contributed by atoms with E-state index in [9.17, 15) is 29.3 Å². The molecule has 12 heteroatoms. The quantitative estimate of drug-likeness (QED) is 0.0153. The molecule has 0 spiro atoms. The third-order valence-electron chi connectivity index (χ3n) is 8.32. The summed E-state index contributed by atoms with van der Waals surface area (Å²) >= 11 is 0. The summed E-state index contributed by atoms with van der Waals surface area (Å²) in [6.45, 7) is 3.25. The van der Waals surface area contributed by atoms with Crippen LogP contribution >= 0.6 is 7.82 Å². The molecule has 334 valence electrons. The topological polar surface area (TPSA) is 175 Å². The highest BCUT2D eigenvalue weighted by Crippen LogP contribution is 2.43. The fourth-order valence-electron chi connectivity index (χ4n) is 5.07. The fraction of sp³-hybridized carbons (Fsp3) is 0.574. The zero-order valence-corrected chi connectivity index (χ0v) is 36.8. The molecule has 59 heavy (non-hydrogen) atoms. The highest BCUT2D eigenvalue weighted by molar-refractivity contribution is 7.47. The number of esters is 2. The number of hydrogen-bond acceptors (Lipinski definition) is 10. The van der Waals surface area contributed by atoms with Gasteiger partial charge in [-0.3, -0.25) is 18.6 Å². The second-order valence-electron chi connectivity index (χ2n) is 13.9. The van der Waals surface area contributed by atoms with Crippen LogP contribution < -0.4 is 5.73 Å². The molecule has 0 aliphatic carbocycles. The average Bonchev–Trinajstić information content (AvgIpc) is 3.21. The molecule has 0 aromatic heterocycles. The van der Waals surface area contributed by atoms with Gasteiger partial charge in [0.25, 0.3) is 0 Å². The maximum absolute atomic E-state index is 12.6. The first-order valence-corrected chi connectivity index (χ1v) is 23.1. The van der Waals surface area contributed by atoms with Crippen LogP contribution in [-0.4, -0.2) is 71.7 Å². The Balaban J connectivity index is 4.47. The minimum absolute atomic E-state index is 0.0140. The molecule has 0 aromatic carbocycles. The number of nitrogens with two attached hydrogens (primary N) is 1. The van der Waals surface area contributed by atoms with E-state index < -0.39 is 44.7 Å². The number of hydrogen-bond donors (Lipinski definition) is 4. The summed E-state index contributed by atoms with van der Waals surface area (Å²) in [6.07, 6.45) is 47.6. The lowest BCUT2D eigenvalue weighted by Gasteiger charge is -2.19. The van der Waals surface area contributed by atoms with Crippen molar-refractivity contribution in [3.8, 4) is 0 Å². The van der Waals surface area contributed by atoms with Crippen LogP contribution in [0.4, 0.5) is 0 Å². The van der Waals surface area contributed by atoms with Gasteiger partial charge in [0, 0.05) is 19.4 Å². The SMILES string of the molecule is CC/C=C\C[C@H](O)/C=C/C=C\C=C\[C@H](O)C/C=C\C/C=C\CCC(=O)O[C@H](COC(=O)CCCCCC/C=C\C/C=C\C/C=C\CCCCC)COP(=O)(O)OCCN. The van der Waals surface area contributed by atoms with Crippen LogP contribution in [0.15, 0.2) is 109 Å². The largest absolute Gasteiger partial charge is 0.472 e. The van der Waals surface area contributed by atoms with Crippen LogP contribution in [-0.2, 0) is 32.7 Å². The van der Waals surface area contributed by atoms with Gasteiger partial charge in [-0.25, -0.2) is 4.57 Å². The van der Waals surface area contributed by atoms with Gasteiger partial charge in [0.2, 0.25) is 0 Å². The molecule has 5 N–H and O–H groups in total. The van der Waals surface area contributed by atoms with E-state index >= 15 is 0 Å². The van der Waals surface area contributed by atoms with Crippen molar-refractivity contribution in [1.82, 2.24) is 0 Å². The third-order valence-corrected chi connectivity index (χ3v) is 9.31. The van der Waals surface area contributed by atoms with E-state index in [0.717, 1.165) is 44.9 Å². The molecule has 0 fully saturated rings. The molecule has 11 nitrogen and oxygen atoms in total. The van der Waals surface area contributed by atoms with Gasteiger partial charge in [-0.1, -0.05) is 149 Å². The highest BCUT2D eigenvalue weighted by atomic mass is 31.2. The van der Waals surface area contributed by atoms with Gasteiger partial charge in [-0.2, -0.15) is 0 Å². The second-order valence-corrected chi connectivity index (χ2v) is 15.3. The summed E-state index contributed by atoms with van der Waals surface area (Å²) in [5.41, 5.74) is 5.33. The lowest BCUT2D eigenvalue weighted by atomic mass is 10.1. The minimum atomic E-state index is -4.44. The summed E-state index contributed by atoms with van der Waals surface area (Å²) in [5.74, 6) is -1.03. The van der Waals surface area contributed by atoms with Crippen molar-refractivity contribution >= 4 is 19.8 Å². The number of carbonyl (C=O) groups is 2. The minimum Gasteiger partial charge on any atom is -0.462 e. The Hall–Kier alpha value is -3.41. The lowest BCUT2D eigenvalue weighted by molar-refractivity contribution is -0.161. The lowest BCUT2D eigenvalue weighted by Crippen LogP contribution is -2.29. The Morgan fingerprint density at radius 2 is 1.15 bits per heavy atom. The standard InChI is InChI=1S/C47H76NO10P/c1-3-5-7-8-9-10-11-12-13-14-15-16-17-18-19-23-31-37-46(51)55-41-45(42-57-59(53,54)56-40-39-48)58-47(52)38-32-24-21-20-22-28-34-44(50)36-30-26-25-29-35-43(49)33-27-6-4-2/h6,9-10,12-13,15-16,21-22,24-30,35-36,43-45,49-50H,3-5,7-8,11,14,17-20,23,31-34,37-42,48H2,1-2H3,(H,53,54)/b10-9-,13-12-,16-15-,24-21-,26-25-,27-6-,28-22-,35-29+,36-30+/t43-,44+,45+/m0/s1. The van der Waals surface area contributed by atoms with Crippen LogP contribution in [0.2, 0.25) is 0 Å². The van der Waals surface area contributed by atoms with E-state index in [1.54, 1.807) is 36.5 Å². The zero-order valence-electron chi connectivity index (χ0n) is 35.9. The van der Waals surface area contributed by atoms with Crippen molar-refractivity contribution in [2.24, 2.45) is 5.73 Å². The number of rotatable bonds is 38. The molecular weight excluding hydrogens is 769 g/mol. The molecule has 0 amide bonds. The van der Waals surface area contributed by atoms with E-state index in [1.807, 2.05) is 43.4 Å². The van der Waals surface area contributed by atoms with Crippen molar-refractivity contribution < 1.29 is 47.8 Å². The maximum Gasteiger partial charge on any atom is 0.472 e. The Kier molecular flexibility index (Phi) is 38.9. The number of carbonyl (C=O) groups excluding carboxylic acids is 2. The van der Waals surface area contributed by atoms with Crippen LogP contribution in [0.5, 0.6) is 0 Å². The fourth-order valence-corrected chi connectivity index (χ4v) is 5.84. The van der Waals surface area contributed by atoms with E-state index in [1.165, 1.54) is 25.7 Å². The zero-order chi connectivity index (χ0) is 43.5. The van der Waals surface area contributed by atoms with Gasteiger partial charge >= 0.3 is 19.8 Å². The molecule has 0 saturated carbocycles. The van der Waals surface area contributed by atoms with E-state index in [2.05, 4.69) is 43.4 Å². The average molecular weight is 846 g/mol. The maximum atomic E-state index is 12.6. The van der Waals surface area contributed by atoms with Gasteiger partial charge in [-0.05, 0) is 77.0 Å². The Bertz CT molecular complexity index is 1360. The van der Waals surface area contributed by atoms with Gasteiger partial charge < -0.3 is 30.3 Å². The number of aliphatic hydroxyl groups is 2. The number of unbranched alkanes of at least 4 members (excludes halogenated alkanes) is 7. The molecule has 0 aromatic rings. The molecular formula is C47H76NO10P. The number of phosphoric acid groups is 1. The van der Waals surface area contributed by atoms with Gasteiger partial charge in [0.05, 0.1) is 25.4 Å². The monoisotopic (exact) mass is 846 g/mol. The summed E-state index contributed by atoms with van der Waals surface area (Å²) in [7, 11) is -4.44. The molecule has 0 saturated heterocycles. The smallest absolute Gasteiger partial charge is 0.462 e. The summed E-state index contributed by atoms with van der Waals surface area (Å²) in [6, 6.07) is 0. The Morgan fingerprint density at radius 3 is 1.75 bits per heavy atom. The van der Waals surface area contributed by atoms with Crippen molar-refractivity contribution in [2.45, 2.75) is 148 Å². The van der Waals surface area contributed by atoms with E-state index in [4.69, 9.17) is 24.3 Å². The molecule has 0 radical (unpaired) electrons. The van der Waals surface area contributed by atoms with Gasteiger partial charge in [0.1, 0.15) is 6.61 Å². The number of allylic oxidation sites excluding steroid dienone is 14. The Labute approximate surface area is 355 Å². The highest BCUT2D eigenvalue weighted by Gasteiger charge is 2.25. The Morgan fingerprint density at radius 1 is 0.610 bits per heavy atom. The van der Waals surface area contributed by atoms with Gasteiger partial charge in [0.15, 0.2) is 6.10 Å². The summed E-state index contributed by atoms with van der Waals surface area (Å²) in [5, 5.41) is 20.0. The van der Waals surface area contributed by atoms with Crippen LogP contribution in [0.25, 0.3) is 0 Å². The second kappa shape index (κ2) is 41.3. The van der Waals surface area contributed by atoms with E-state index in [-0.39, 0.29) is 32.6 Å². The van der Waals surface area contributed by atoms with Gasteiger partial charge in [-0.15, -0.1) is 0 Å². The molecule has 0 heterocycles. The molecule has 1 unspecified atom stereocenters. The molecule has 0 aliphatic heterocycles. The van der Waals surface area contributed by atoms with Crippen molar-refractivity contribution in [3.63, 3.8) is 0 Å². The number of ether oxygens (including phenoxy) is 2. The van der Waals surface area contributed by atoms with E-state index in [0.29, 0.717) is 32.1 Å². The first-order chi connectivity index (χ1) is 28.6. The van der Waals surface area contributed by atoms with Crippen molar-refractivity contribution in [3.05, 3.63) is 109 Å². The summed E-state index contributed by atoms with van der Waals surface area (Å²) < 4.78 is 32.6. The molecule has 0 aliphatic rings. The molecule has 0 rings (SSSR count). The van der Waals surface area contributed by atoms with Crippen molar-refractivity contribution in [2.75, 3.05) is 26.4 Å². The first-order valence-electron chi connectivity index (χ1n) is 21.6. The number of aliphatic hydroxyl groups excluding tert-OH is 2.